The molecule has 0 spiro atoms. The molecular weight excluding hydrogens is 549 g/mol. The Morgan fingerprint density at radius 3 is 2.35 bits per heavy atom. The molecule has 2 heterocycles. The van der Waals surface area contributed by atoms with Crippen LogP contribution in [0.4, 0.5) is 0 Å². The summed E-state index contributed by atoms with van der Waals surface area (Å²) in [7, 11) is 0. The first-order chi connectivity index (χ1) is 16.6. The zero-order valence-corrected chi connectivity index (χ0v) is 20.5. The molecule has 4 rings (SSSR count). The number of hydrogen-bond acceptors (Lipinski definition) is 6. The standard InChI is InChI=1S/C25H26IN3O5/c26-11-9-16(10-12-27)24(30)28-20-14-32-23-21(15-33-22(20)23)29-25(31)17-5-4-8-19(13-17)34-18-6-2-1-3-7-18/h1-10,12-13,20-23H,11,14-15,27H2,(H,28,30)(H,29,31)/b12-10-,16-9+. The molecule has 0 saturated carbocycles. The predicted molar refractivity (Wildman–Crippen MR) is 136 cm³/mol. The average Bonchev–Trinajstić information content (AvgIpc) is 3.43. The summed E-state index contributed by atoms with van der Waals surface area (Å²) in [6.07, 6.45) is 4.00. The van der Waals surface area contributed by atoms with Crippen molar-refractivity contribution >= 4 is 34.4 Å². The molecule has 4 N–H and O–H groups in total. The number of nitrogens with two attached hydrogens (primary N) is 1. The summed E-state index contributed by atoms with van der Waals surface area (Å²) in [5.41, 5.74) is 6.41. The van der Waals surface area contributed by atoms with Crippen LogP contribution in [0.15, 0.2) is 78.5 Å². The summed E-state index contributed by atoms with van der Waals surface area (Å²) in [6.45, 7) is 0.602. The van der Waals surface area contributed by atoms with Crippen molar-refractivity contribution in [2.75, 3.05) is 17.6 Å². The number of benzene rings is 2. The zero-order chi connectivity index (χ0) is 23.9. The van der Waals surface area contributed by atoms with Crippen LogP contribution in [0.1, 0.15) is 10.4 Å². The van der Waals surface area contributed by atoms with Crippen LogP contribution < -0.4 is 21.1 Å². The Hall–Kier alpha value is -2.89. The minimum Gasteiger partial charge on any atom is -0.457 e. The Kier molecular flexibility index (Phi) is 8.20. The number of hydrogen-bond donors (Lipinski definition) is 3. The maximum atomic E-state index is 12.9. The van der Waals surface area contributed by atoms with Crippen LogP contribution >= 0.6 is 22.6 Å². The number of alkyl halides is 1. The van der Waals surface area contributed by atoms with Gasteiger partial charge in [-0.3, -0.25) is 9.59 Å². The van der Waals surface area contributed by atoms with Gasteiger partial charge in [-0.1, -0.05) is 52.9 Å². The van der Waals surface area contributed by atoms with E-state index in [4.69, 9.17) is 19.9 Å². The van der Waals surface area contributed by atoms with Gasteiger partial charge < -0.3 is 30.6 Å². The molecule has 2 saturated heterocycles. The Labute approximate surface area is 211 Å². The molecule has 34 heavy (non-hydrogen) atoms. The van der Waals surface area contributed by atoms with Gasteiger partial charge >= 0.3 is 0 Å². The van der Waals surface area contributed by atoms with Crippen molar-refractivity contribution in [1.29, 1.82) is 0 Å². The summed E-state index contributed by atoms with van der Waals surface area (Å²) in [6, 6.07) is 15.7. The highest BCUT2D eigenvalue weighted by molar-refractivity contribution is 14.1. The number of allylic oxidation sites excluding steroid dienone is 1. The molecule has 0 radical (unpaired) electrons. The Balaban J connectivity index is 1.36. The van der Waals surface area contributed by atoms with E-state index < -0.39 is 0 Å². The predicted octanol–water partition coefficient (Wildman–Crippen LogP) is 2.69. The van der Waals surface area contributed by atoms with E-state index in [0.717, 1.165) is 0 Å². The van der Waals surface area contributed by atoms with Gasteiger partial charge in [0.25, 0.3) is 11.8 Å². The van der Waals surface area contributed by atoms with Gasteiger partial charge in [-0.15, -0.1) is 0 Å². The summed E-state index contributed by atoms with van der Waals surface area (Å²) in [5.74, 6) is 0.780. The summed E-state index contributed by atoms with van der Waals surface area (Å²) < 4.78 is 18.3. The van der Waals surface area contributed by atoms with Crippen molar-refractivity contribution in [3.05, 3.63) is 84.1 Å². The lowest BCUT2D eigenvalue weighted by Crippen LogP contribution is -2.47. The molecule has 2 amide bonds. The minimum absolute atomic E-state index is 0.237. The van der Waals surface area contributed by atoms with Crippen LogP contribution in [-0.4, -0.2) is 53.7 Å². The number of ether oxygens (including phenoxy) is 3. The summed E-state index contributed by atoms with van der Waals surface area (Å²) >= 11 is 2.16. The van der Waals surface area contributed by atoms with E-state index in [1.165, 1.54) is 6.20 Å². The van der Waals surface area contributed by atoms with E-state index in [-0.39, 0.29) is 36.1 Å². The Morgan fingerprint density at radius 1 is 1.00 bits per heavy atom. The molecule has 0 bridgehead atoms. The molecule has 4 atom stereocenters. The number of para-hydroxylation sites is 1. The zero-order valence-electron chi connectivity index (χ0n) is 18.4. The van der Waals surface area contributed by atoms with Crippen LogP contribution in [0.5, 0.6) is 11.5 Å². The molecule has 2 aliphatic rings. The summed E-state index contributed by atoms with van der Waals surface area (Å²) in [4.78, 5) is 25.5. The Bertz CT molecular complexity index is 1080. The molecule has 0 aliphatic carbocycles. The topological polar surface area (TPSA) is 112 Å². The number of fused-ring (bicyclic) bond motifs is 1. The van der Waals surface area contributed by atoms with Crippen molar-refractivity contribution < 1.29 is 23.8 Å². The van der Waals surface area contributed by atoms with Crippen molar-refractivity contribution in [2.45, 2.75) is 24.3 Å². The average molecular weight is 575 g/mol. The smallest absolute Gasteiger partial charge is 0.251 e. The van der Waals surface area contributed by atoms with Crippen LogP contribution in [0, 0.1) is 0 Å². The number of carbonyl (C=O) groups is 2. The van der Waals surface area contributed by atoms with E-state index >= 15 is 0 Å². The van der Waals surface area contributed by atoms with Gasteiger partial charge in [0.05, 0.1) is 25.3 Å². The number of carbonyl (C=O) groups excluding carboxylic acids is 2. The van der Waals surface area contributed by atoms with Gasteiger partial charge in [-0.05, 0) is 42.6 Å². The molecular formula is C25H26IN3O5. The van der Waals surface area contributed by atoms with Crippen molar-refractivity contribution in [2.24, 2.45) is 5.73 Å². The maximum absolute atomic E-state index is 12.9. The van der Waals surface area contributed by atoms with Gasteiger partial charge in [0.1, 0.15) is 23.7 Å². The van der Waals surface area contributed by atoms with Gasteiger partial charge in [-0.2, -0.15) is 0 Å². The molecule has 0 aromatic heterocycles. The van der Waals surface area contributed by atoms with Gasteiger partial charge in [0, 0.05) is 15.6 Å². The normalized spacial score (nSPS) is 24.1. The molecule has 178 valence electrons. The van der Waals surface area contributed by atoms with Gasteiger partial charge in [0.2, 0.25) is 0 Å². The van der Waals surface area contributed by atoms with Gasteiger partial charge in [0.15, 0.2) is 0 Å². The molecule has 2 fully saturated rings. The first-order valence-corrected chi connectivity index (χ1v) is 12.4. The van der Waals surface area contributed by atoms with E-state index in [0.29, 0.717) is 40.3 Å². The summed E-state index contributed by atoms with van der Waals surface area (Å²) in [5, 5.41) is 5.96. The number of halogens is 1. The largest absolute Gasteiger partial charge is 0.457 e. The van der Waals surface area contributed by atoms with E-state index in [2.05, 4.69) is 33.2 Å². The van der Waals surface area contributed by atoms with Crippen molar-refractivity contribution in [3.63, 3.8) is 0 Å². The van der Waals surface area contributed by atoms with E-state index in [9.17, 15) is 9.59 Å². The van der Waals surface area contributed by atoms with Crippen molar-refractivity contribution in [3.8, 4) is 11.5 Å². The lowest BCUT2D eigenvalue weighted by molar-refractivity contribution is -0.118. The SMILES string of the molecule is N/C=C\C(=C/CI)C(=O)NC1COC2C(NC(=O)c3cccc(Oc4ccccc4)c3)COC12. The fourth-order valence-corrected chi connectivity index (χ4v) is 4.47. The quantitative estimate of drug-likeness (QED) is 0.193. The first kappa shape index (κ1) is 24.2. The number of rotatable bonds is 8. The highest BCUT2D eigenvalue weighted by Gasteiger charge is 2.48. The van der Waals surface area contributed by atoms with E-state index in [1.807, 2.05) is 30.3 Å². The lowest BCUT2D eigenvalue weighted by atomic mass is 10.0. The second-order valence-corrected chi connectivity index (χ2v) is 8.75. The van der Waals surface area contributed by atoms with E-state index in [1.54, 1.807) is 36.4 Å². The highest BCUT2D eigenvalue weighted by Crippen LogP contribution is 2.28. The molecule has 9 heteroatoms. The fraction of sp³-hybridized carbons (Fsp3) is 0.280. The molecule has 8 nitrogen and oxygen atoms in total. The van der Waals surface area contributed by atoms with Crippen LogP contribution in [0.3, 0.4) is 0 Å². The van der Waals surface area contributed by atoms with Gasteiger partial charge in [-0.25, -0.2) is 0 Å². The number of nitrogens with one attached hydrogen (secondary N) is 2. The first-order valence-electron chi connectivity index (χ1n) is 10.9. The third-order valence-corrected chi connectivity index (χ3v) is 6.04. The molecule has 2 aliphatic heterocycles. The molecule has 2 aromatic carbocycles. The van der Waals surface area contributed by atoms with Crippen LogP contribution in [0.25, 0.3) is 0 Å². The third kappa shape index (κ3) is 5.78. The van der Waals surface area contributed by atoms with Crippen molar-refractivity contribution in [1.82, 2.24) is 10.6 Å². The number of amides is 2. The Morgan fingerprint density at radius 2 is 1.68 bits per heavy atom. The second kappa shape index (κ2) is 11.5. The molecule has 4 unspecified atom stereocenters. The monoisotopic (exact) mass is 575 g/mol. The second-order valence-electron chi connectivity index (χ2n) is 7.87. The molecule has 2 aromatic rings. The van der Waals surface area contributed by atoms with Crippen LogP contribution in [0.2, 0.25) is 0 Å². The maximum Gasteiger partial charge on any atom is 0.251 e. The minimum atomic E-state index is -0.347. The lowest BCUT2D eigenvalue weighted by Gasteiger charge is -2.19. The highest BCUT2D eigenvalue weighted by atomic mass is 127. The third-order valence-electron chi connectivity index (χ3n) is 5.60. The van der Waals surface area contributed by atoms with Crippen LogP contribution in [-0.2, 0) is 14.3 Å². The fourth-order valence-electron chi connectivity index (χ4n) is 4.00.